The van der Waals surface area contributed by atoms with Crippen molar-refractivity contribution in [2.24, 2.45) is 0 Å². The molecule has 0 aliphatic carbocycles. The minimum atomic E-state index is -4.41. The molecule has 0 spiro atoms. The summed E-state index contributed by atoms with van der Waals surface area (Å²) in [5.41, 5.74) is 1.79. The molecule has 0 aliphatic rings. The molecule has 0 bridgehead atoms. The number of aliphatic carboxylic acids is 1. The number of phenolic OH excluding ortho intramolecular Hbond substituents is 1. The molecule has 13 heteroatoms. The Hall–Kier alpha value is -3.26. The van der Waals surface area contributed by atoms with Gasteiger partial charge in [0.2, 0.25) is 0 Å². The van der Waals surface area contributed by atoms with E-state index in [1.165, 1.54) is 72.8 Å². The van der Waals surface area contributed by atoms with Crippen LogP contribution in [0.15, 0.2) is 77.7 Å². The number of benzene rings is 3. The van der Waals surface area contributed by atoms with Crippen molar-refractivity contribution in [3.63, 3.8) is 0 Å². The summed E-state index contributed by atoms with van der Waals surface area (Å²) in [6.45, 7) is 3.58. The van der Waals surface area contributed by atoms with E-state index < -0.39 is 52.2 Å². The van der Waals surface area contributed by atoms with Gasteiger partial charge in [-0.15, -0.1) is 0 Å². The van der Waals surface area contributed by atoms with Crippen molar-refractivity contribution in [2.75, 3.05) is 4.72 Å². The van der Waals surface area contributed by atoms with Gasteiger partial charge in [-0.2, -0.15) is 0 Å². The van der Waals surface area contributed by atoms with Crippen LogP contribution in [0, 0.1) is 11.6 Å². The third-order valence-corrected chi connectivity index (χ3v) is 8.51. The van der Waals surface area contributed by atoms with E-state index in [9.17, 15) is 42.4 Å². The van der Waals surface area contributed by atoms with Crippen molar-refractivity contribution in [3.8, 4) is 28.1 Å². The van der Waals surface area contributed by atoms with Gasteiger partial charge in [-0.3, -0.25) is 4.72 Å². The molecule has 0 aliphatic heterocycles. The van der Waals surface area contributed by atoms with Crippen LogP contribution >= 0.6 is 0 Å². The van der Waals surface area contributed by atoms with Crippen molar-refractivity contribution in [2.45, 2.75) is 62.7 Å². The van der Waals surface area contributed by atoms with Crippen LogP contribution in [0.1, 0.15) is 44.7 Å². The second-order valence-corrected chi connectivity index (χ2v) is 12.4. The number of anilines is 1. The Morgan fingerprint density at radius 2 is 1.51 bits per heavy atom. The van der Waals surface area contributed by atoms with E-state index in [-0.39, 0.29) is 70.8 Å². The molecule has 0 unspecified atom stereocenters. The summed E-state index contributed by atoms with van der Waals surface area (Å²) in [5.74, 6) is -3.11. The fraction of sp³-hybridized carbons (Fsp3) is 0.281. The van der Waals surface area contributed by atoms with Crippen molar-refractivity contribution in [1.29, 1.82) is 0 Å². The van der Waals surface area contributed by atoms with Gasteiger partial charge >= 0.3 is 29.6 Å². The zero-order valence-corrected chi connectivity index (χ0v) is 27.9. The average molecular weight is 651 g/mol. The summed E-state index contributed by atoms with van der Waals surface area (Å²) in [4.78, 5) is 10.7. The Labute approximate surface area is 282 Å². The SMILES string of the molecule is CC(C)c1c(S(=O)(=O)Nc2cccc(O)c2)c(-c2ccc(F)cc2)c(-c2ccc(F)cc2)n1CC[C@@H](O)C[C@@H](O)CC(=O)[O-].[Na+]. The largest absolute Gasteiger partial charge is 1.00 e. The van der Waals surface area contributed by atoms with Crippen LogP contribution in [-0.4, -0.2) is 46.5 Å². The number of nitrogens with zero attached hydrogens (tertiary/aromatic N) is 1. The number of carbonyl (C=O) groups excluding carboxylic acids is 1. The number of aromatic hydroxyl groups is 1. The summed E-state index contributed by atoms with van der Waals surface area (Å²) in [7, 11) is -4.41. The standard InChI is InChI=1S/C32H34F2N2O7S.Na/c1-19(2)30-32(44(42,43)35-24-4-3-5-25(37)16-24)29(20-6-10-22(33)11-7-20)31(21-8-12-23(34)13-9-21)36(30)15-14-26(38)17-27(39)18-28(40)41;/h3-13,16,19,26-27,35,37-39H,14-15,17-18H2,1-2H3,(H,40,41);/q;+1/p-1/t26-,27-;/m1./s1. The molecule has 45 heavy (non-hydrogen) atoms. The van der Waals surface area contributed by atoms with Crippen molar-refractivity contribution in [3.05, 3.63) is 90.1 Å². The van der Waals surface area contributed by atoms with Crippen LogP contribution in [-0.2, 0) is 21.4 Å². The molecule has 0 radical (unpaired) electrons. The van der Waals surface area contributed by atoms with E-state index in [2.05, 4.69) is 4.72 Å². The number of nitrogens with one attached hydrogen (secondary N) is 1. The maximum atomic E-state index is 14.3. The number of carboxylic acids is 1. The molecule has 3 aromatic carbocycles. The summed E-state index contributed by atoms with van der Waals surface area (Å²) in [6, 6.07) is 16.2. The van der Waals surface area contributed by atoms with Crippen molar-refractivity contribution < 1.29 is 72.0 Å². The predicted octanol–water partition coefficient (Wildman–Crippen LogP) is 1.38. The third kappa shape index (κ3) is 8.93. The number of aliphatic hydroxyl groups excluding tert-OH is 2. The number of sulfonamides is 1. The van der Waals surface area contributed by atoms with Gasteiger partial charge in [0.15, 0.2) is 0 Å². The van der Waals surface area contributed by atoms with Crippen molar-refractivity contribution >= 4 is 21.7 Å². The Morgan fingerprint density at radius 1 is 0.933 bits per heavy atom. The Bertz CT molecular complexity index is 1730. The molecule has 0 saturated heterocycles. The van der Waals surface area contributed by atoms with Crippen LogP contribution in [0.4, 0.5) is 14.5 Å². The number of halogens is 2. The van der Waals surface area contributed by atoms with Crippen LogP contribution < -0.4 is 39.4 Å². The van der Waals surface area contributed by atoms with Gasteiger partial charge in [0.1, 0.15) is 22.3 Å². The first kappa shape index (κ1) is 36.2. The minimum absolute atomic E-state index is 0. The third-order valence-electron chi connectivity index (χ3n) is 7.05. The van der Waals surface area contributed by atoms with Gasteiger partial charge in [-0.1, -0.05) is 32.0 Å². The second kappa shape index (κ2) is 15.4. The van der Waals surface area contributed by atoms with Gasteiger partial charge in [0.25, 0.3) is 10.0 Å². The molecule has 0 amide bonds. The maximum Gasteiger partial charge on any atom is 1.00 e. The van der Waals surface area contributed by atoms with Gasteiger partial charge in [0.05, 0.1) is 23.6 Å². The van der Waals surface area contributed by atoms with Crippen LogP contribution in [0.25, 0.3) is 22.4 Å². The van der Waals surface area contributed by atoms with Gasteiger partial charge in [-0.05, 0) is 78.4 Å². The molecule has 234 valence electrons. The monoisotopic (exact) mass is 650 g/mol. The number of hydrogen-bond acceptors (Lipinski definition) is 7. The number of carbonyl (C=O) groups is 1. The fourth-order valence-corrected chi connectivity index (χ4v) is 6.89. The average Bonchev–Trinajstić information content (AvgIpc) is 3.28. The number of carboxylic acid groups (broad SMARTS) is 1. The van der Waals surface area contributed by atoms with E-state index >= 15 is 0 Å². The van der Waals surface area contributed by atoms with E-state index in [1.807, 2.05) is 0 Å². The maximum absolute atomic E-state index is 14.3. The Balaban J connectivity index is 0.00000552. The first-order chi connectivity index (χ1) is 20.8. The van der Waals surface area contributed by atoms with Gasteiger partial charge in [0, 0.05) is 36.3 Å². The van der Waals surface area contributed by atoms with E-state index in [0.717, 1.165) is 0 Å². The Morgan fingerprint density at radius 3 is 2.04 bits per heavy atom. The predicted molar refractivity (Wildman–Crippen MR) is 159 cm³/mol. The quantitative estimate of drug-likeness (QED) is 0.160. The van der Waals surface area contributed by atoms with Crippen LogP contribution in [0.3, 0.4) is 0 Å². The smallest absolute Gasteiger partial charge is 0.550 e. The van der Waals surface area contributed by atoms with Gasteiger partial charge < -0.3 is 29.8 Å². The minimum Gasteiger partial charge on any atom is -0.550 e. The van der Waals surface area contributed by atoms with Gasteiger partial charge in [-0.25, -0.2) is 17.2 Å². The van der Waals surface area contributed by atoms with E-state index in [0.29, 0.717) is 22.5 Å². The molecule has 0 saturated carbocycles. The summed E-state index contributed by atoms with van der Waals surface area (Å²) < 4.78 is 60.8. The summed E-state index contributed by atoms with van der Waals surface area (Å²) in [6.07, 6.45) is -3.43. The number of phenols is 1. The Kier molecular flexibility index (Phi) is 12.4. The number of aromatic nitrogens is 1. The molecule has 4 aromatic rings. The van der Waals surface area contributed by atoms with Crippen molar-refractivity contribution in [1.82, 2.24) is 4.57 Å². The zero-order valence-electron chi connectivity index (χ0n) is 25.1. The van der Waals surface area contributed by atoms with E-state index in [1.54, 1.807) is 18.4 Å². The number of hydrogen-bond donors (Lipinski definition) is 4. The second-order valence-electron chi connectivity index (χ2n) is 10.8. The first-order valence-corrected chi connectivity index (χ1v) is 15.4. The van der Waals surface area contributed by atoms with Crippen LogP contribution in [0.2, 0.25) is 0 Å². The molecule has 9 nitrogen and oxygen atoms in total. The molecule has 4 rings (SSSR count). The summed E-state index contributed by atoms with van der Waals surface area (Å²) in [5, 5.41) is 41.5. The number of rotatable bonds is 13. The zero-order chi connectivity index (χ0) is 32.2. The molecular weight excluding hydrogens is 617 g/mol. The summed E-state index contributed by atoms with van der Waals surface area (Å²) >= 11 is 0. The fourth-order valence-electron chi connectivity index (χ4n) is 5.25. The molecule has 1 aromatic heterocycles. The number of aliphatic hydroxyl groups is 2. The van der Waals surface area contributed by atoms with Crippen LogP contribution in [0.5, 0.6) is 5.75 Å². The molecule has 0 fully saturated rings. The topological polar surface area (TPSA) is 152 Å². The molecular formula is C32H33F2N2NaO7S. The normalized spacial score (nSPS) is 12.9. The molecule has 4 N–H and O–H groups in total. The van der Waals surface area contributed by atoms with E-state index in [4.69, 9.17) is 0 Å². The first-order valence-electron chi connectivity index (χ1n) is 13.9. The molecule has 2 atom stereocenters. The molecule has 1 heterocycles.